The molecule has 0 atom stereocenters. The highest BCUT2D eigenvalue weighted by Crippen LogP contribution is 2.15. The van der Waals surface area contributed by atoms with Crippen molar-refractivity contribution in [3.8, 4) is 0 Å². The molecule has 0 saturated heterocycles. The molecule has 1 aromatic rings. The first kappa shape index (κ1) is 14.0. The summed E-state index contributed by atoms with van der Waals surface area (Å²) in [5.74, 6) is 0.193. The number of aryl methyl sites for hydroxylation is 2. The Balaban J connectivity index is 2.64. The van der Waals surface area contributed by atoms with E-state index < -0.39 is 0 Å². The minimum absolute atomic E-state index is 0.193. The van der Waals surface area contributed by atoms with Gasteiger partial charge >= 0.3 is 0 Å². The molecule has 0 bridgehead atoms. The van der Waals surface area contributed by atoms with Gasteiger partial charge in [0.1, 0.15) is 0 Å². The standard InChI is InChI=1S/C14H24N2O/c1-10-7-12(11(2)15-10)13(17)8-16(6)9-14(3,4)5/h7,15H,8-9H2,1-6H3. The topological polar surface area (TPSA) is 36.1 Å². The third-order valence-electron chi connectivity index (χ3n) is 2.61. The first-order valence-electron chi connectivity index (χ1n) is 6.07. The summed E-state index contributed by atoms with van der Waals surface area (Å²) in [6.45, 7) is 11.9. The number of rotatable bonds is 4. The summed E-state index contributed by atoms with van der Waals surface area (Å²) in [5, 5.41) is 0. The van der Waals surface area contributed by atoms with Crippen LogP contribution < -0.4 is 0 Å². The Morgan fingerprint density at radius 1 is 1.35 bits per heavy atom. The van der Waals surface area contributed by atoms with E-state index in [0.29, 0.717) is 6.54 Å². The largest absolute Gasteiger partial charge is 0.362 e. The second-order valence-electron chi connectivity index (χ2n) is 6.15. The number of nitrogens with zero attached hydrogens (tertiary/aromatic N) is 1. The van der Waals surface area contributed by atoms with Crippen molar-refractivity contribution >= 4 is 5.78 Å². The van der Waals surface area contributed by atoms with Crippen LogP contribution in [0.5, 0.6) is 0 Å². The van der Waals surface area contributed by atoms with Gasteiger partial charge in [0.25, 0.3) is 0 Å². The number of hydrogen-bond donors (Lipinski definition) is 1. The predicted octanol–water partition coefficient (Wildman–Crippen LogP) is 2.79. The van der Waals surface area contributed by atoms with E-state index in [1.165, 1.54) is 0 Å². The summed E-state index contributed by atoms with van der Waals surface area (Å²) in [7, 11) is 2.00. The lowest BCUT2D eigenvalue weighted by atomic mass is 9.96. The van der Waals surface area contributed by atoms with Gasteiger partial charge in [0.05, 0.1) is 6.54 Å². The molecule has 1 rings (SSSR count). The highest BCUT2D eigenvalue weighted by atomic mass is 16.1. The van der Waals surface area contributed by atoms with Gasteiger partial charge in [0.15, 0.2) is 5.78 Å². The van der Waals surface area contributed by atoms with Crippen molar-refractivity contribution in [3.63, 3.8) is 0 Å². The van der Waals surface area contributed by atoms with Gasteiger partial charge < -0.3 is 4.98 Å². The summed E-state index contributed by atoms with van der Waals surface area (Å²) >= 11 is 0. The Morgan fingerprint density at radius 3 is 2.35 bits per heavy atom. The fraction of sp³-hybridized carbons (Fsp3) is 0.643. The lowest BCUT2D eigenvalue weighted by Crippen LogP contribution is -2.33. The molecule has 0 spiro atoms. The number of hydrogen-bond acceptors (Lipinski definition) is 2. The van der Waals surface area contributed by atoms with E-state index in [9.17, 15) is 4.79 Å². The molecule has 1 N–H and O–H groups in total. The van der Waals surface area contributed by atoms with Crippen LogP contribution in [0.4, 0.5) is 0 Å². The molecule has 0 saturated carbocycles. The van der Waals surface area contributed by atoms with Gasteiger partial charge in [-0.1, -0.05) is 20.8 Å². The van der Waals surface area contributed by atoms with E-state index >= 15 is 0 Å². The molecule has 17 heavy (non-hydrogen) atoms. The first-order valence-corrected chi connectivity index (χ1v) is 6.07. The zero-order valence-electron chi connectivity index (χ0n) is 11.8. The molecule has 1 heterocycles. The molecule has 0 aliphatic rings. The van der Waals surface area contributed by atoms with E-state index in [4.69, 9.17) is 0 Å². The Hall–Kier alpha value is -1.09. The third kappa shape index (κ3) is 4.35. The number of carbonyl (C=O) groups is 1. The van der Waals surface area contributed by atoms with Crippen LogP contribution in [0.3, 0.4) is 0 Å². The Labute approximate surface area is 104 Å². The molecule has 1 aromatic heterocycles. The van der Waals surface area contributed by atoms with Crippen molar-refractivity contribution in [1.82, 2.24) is 9.88 Å². The Bertz CT molecular complexity index is 399. The molecule has 3 nitrogen and oxygen atoms in total. The molecule has 96 valence electrons. The minimum atomic E-state index is 0.193. The van der Waals surface area contributed by atoms with Gasteiger partial charge in [-0.15, -0.1) is 0 Å². The summed E-state index contributed by atoms with van der Waals surface area (Å²) in [6, 6.07) is 1.93. The fourth-order valence-electron chi connectivity index (χ4n) is 2.21. The molecule has 0 radical (unpaired) electrons. The lowest BCUT2D eigenvalue weighted by molar-refractivity contribution is 0.0926. The van der Waals surface area contributed by atoms with Gasteiger partial charge in [-0.05, 0) is 32.4 Å². The van der Waals surface area contributed by atoms with E-state index in [-0.39, 0.29) is 11.2 Å². The average molecular weight is 236 g/mol. The second-order valence-corrected chi connectivity index (χ2v) is 6.15. The highest BCUT2D eigenvalue weighted by Gasteiger charge is 2.18. The lowest BCUT2D eigenvalue weighted by Gasteiger charge is -2.25. The van der Waals surface area contributed by atoms with Crippen molar-refractivity contribution in [3.05, 3.63) is 23.0 Å². The van der Waals surface area contributed by atoms with E-state index in [0.717, 1.165) is 23.5 Å². The van der Waals surface area contributed by atoms with Gasteiger partial charge in [0.2, 0.25) is 0 Å². The van der Waals surface area contributed by atoms with Crippen LogP contribution >= 0.6 is 0 Å². The molecule has 0 amide bonds. The van der Waals surface area contributed by atoms with Crippen molar-refractivity contribution in [2.45, 2.75) is 34.6 Å². The molecule has 0 fully saturated rings. The van der Waals surface area contributed by atoms with Crippen LogP contribution in [0, 0.1) is 19.3 Å². The predicted molar refractivity (Wildman–Crippen MR) is 71.5 cm³/mol. The van der Waals surface area contributed by atoms with Crippen LogP contribution in [-0.4, -0.2) is 35.8 Å². The Morgan fingerprint density at radius 2 is 1.94 bits per heavy atom. The molecular formula is C14H24N2O. The van der Waals surface area contributed by atoms with E-state index in [1.807, 2.05) is 27.0 Å². The van der Waals surface area contributed by atoms with Gasteiger partial charge in [-0.3, -0.25) is 9.69 Å². The van der Waals surface area contributed by atoms with Crippen molar-refractivity contribution in [2.75, 3.05) is 20.1 Å². The van der Waals surface area contributed by atoms with Crippen molar-refractivity contribution < 1.29 is 4.79 Å². The summed E-state index contributed by atoms with van der Waals surface area (Å²) in [5.41, 5.74) is 3.06. The molecular weight excluding hydrogens is 212 g/mol. The summed E-state index contributed by atoms with van der Waals surface area (Å²) in [4.78, 5) is 17.4. The van der Waals surface area contributed by atoms with Gasteiger partial charge in [0, 0.05) is 23.5 Å². The first-order chi connectivity index (χ1) is 7.69. The summed E-state index contributed by atoms with van der Waals surface area (Å²) < 4.78 is 0. The SMILES string of the molecule is Cc1cc(C(=O)CN(C)CC(C)(C)C)c(C)[nH]1. The van der Waals surface area contributed by atoms with E-state index in [1.54, 1.807) is 0 Å². The highest BCUT2D eigenvalue weighted by molar-refractivity contribution is 5.98. The van der Waals surface area contributed by atoms with Crippen LogP contribution in [0.25, 0.3) is 0 Å². The van der Waals surface area contributed by atoms with Crippen LogP contribution in [0.1, 0.15) is 42.5 Å². The molecule has 0 aliphatic heterocycles. The molecule has 0 aromatic carbocycles. The maximum Gasteiger partial charge on any atom is 0.178 e. The number of H-pyrrole nitrogens is 1. The zero-order chi connectivity index (χ0) is 13.2. The number of carbonyl (C=O) groups excluding carboxylic acids is 1. The van der Waals surface area contributed by atoms with Crippen LogP contribution in [0.2, 0.25) is 0 Å². The average Bonchev–Trinajstić information content (AvgIpc) is 2.41. The normalized spacial score (nSPS) is 12.2. The second kappa shape index (κ2) is 5.05. The maximum absolute atomic E-state index is 12.1. The Kier molecular flexibility index (Phi) is 4.15. The maximum atomic E-state index is 12.1. The van der Waals surface area contributed by atoms with Crippen molar-refractivity contribution in [2.24, 2.45) is 5.41 Å². The van der Waals surface area contributed by atoms with Crippen LogP contribution in [0.15, 0.2) is 6.07 Å². The van der Waals surface area contributed by atoms with Gasteiger partial charge in [-0.2, -0.15) is 0 Å². The van der Waals surface area contributed by atoms with E-state index in [2.05, 4.69) is 30.7 Å². The summed E-state index contributed by atoms with van der Waals surface area (Å²) in [6.07, 6.45) is 0. The number of likely N-dealkylation sites (N-methyl/N-ethyl adjacent to an activating group) is 1. The molecule has 3 heteroatoms. The monoisotopic (exact) mass is 236 g/mol. The fourth-order valence-corrected chi connectivity index (χ4v) is 2.21. The smallest absolute Gasteiger partial charge is 0.178 e. The minimum Gasteiger partial charge on any atom is -0.362 e. The van der Waals surface area contributed by atoms with Crippen molar-refractivity contribution in [1.29, 1.82) is 0 Å². The number of aromatic amines is 1. The number of Topliss-reactive ketones (excluding diaryl/α,β-unsaturated/α-hetero) is 1. The molecule has 0 unspecified atom stereocenters. The van der Waals surface area contributed by atoms with Gasteiger partial charge in [-0.25, -0.2) is 0 Å². The number of nitrogens with one attached hydrogen (secondary N) is 1. The number of aromatic nitrogens is 1. The number of ketones is 1. The van der Waals surface area contributed by atoms with Crippen LogP contribution in [-0.2, 0) is 0 Å². The third-order valence-corrected chi connectivity index (χ3v) is 2.61. The zero-order valence-corrected chi connectivity index (χ0v) is 11.8. The quantitative estimate of drug-likeness (QED) is 0.816. The molecule has 0 aliphatic carbocycles.